The minimum absolute atomic E-state index is 0.00543. The van der Waals surface area contributed by atoms with Gasteiger partial charge in [0.05, 0.1) is 6.54 Å². The van der Waals surface area contributed by atoms with Gasteiger partial charge >= 0.3 is 11.9 Å². The minimum atomic E-state index is -0.395. The summed E-state index contributed by atoms with van der Waals surface area (Å²) in [5.74, 6) is -0.218. The summed E-state index contributed by atoms with van der Waals surface area (Å²) in [5, 5.41) is 1.44. The van der Waals surface area contributed by atoms with E-state index in [0.717, 1.165) is 25.7 Å². The lowest BCUT2D eigenvalue weighted by Crippen LogP contribution is -2.57. The molecule has 4 amide bonds. The number of carbonyl (C=O) groups is 3. The Balaban J connectivity index is 2.25. The largest absolute Gasteiger partial charge is 0.501 e. The molecule has 2 aliphatic heterocycles. The summed E-state index contributed by atoms with van der Waals surface area (Å²) in [6.07, 6.45) is 5.24. The first-order valence-electron chi connectivity index (χ1n) is 9.14. The topological polar surface area (TPSA) is 60.7 Å². The number of thioether (sulfide) groups is 1. The van der Waals surface area contributed by atoms with Crippen molar-refractivity contribution in [1.29, 1.82) is 0 Å². The third-order valence-electron chi connectivity index (χ3n) is 4.35. The Morgan fingerprint density at radius 3 is 2.48 bits per heavy atom. The molecule has 0 bridgehead atoms. The van der Waals surface area contributed by atoms with Crippen LogP contribution in [-0.2, 0) is 9.59 Å². The highest BCUT2D eigenvalue weighted by atomic mass is 32.2. The monoisotopic (exact) mass is 366 g/mol. The van der Waals surface area contributed by atoms with E-state index < -0.39 is 5.25 Å². The van der Waals surface area contributed by atoms with Crippen molar-refractivity contribution >= 4 is 35.3 Å². The molecule has 0 aliphatic carbocycles. The lowest BCUT2D eigenvalue weighted by molar-refractivity contribution is -0.428. The van der Waals surface area contributed by atoms with Crippen molar-refractivity contribution < 1.29 is 19.0 Å². The number of fused-ring (bicyclic) bond motifs is 1. The number of unbranched alkanes of at least 4 members (excludes halogenated alkanes) is 1. The molecule has 0 aromatic rings. The van der Waals surface area contributed by atoms with Crippen molar-refractivity contribution in [3.8, 4) is 0 Å². The van der Waals surface area contributed by atoms with Crippen molar-refractivity contribution in [2.45, 2.75) is 51.7 Å². The molecular formula is C18H28N3O3S+. The van der Waals surface area contributed by atoms with E-state index >= 15 is 0 Å². The average molecular weight is 367 g/mol. The number of nitrogens with zero attached hydrogens (tertiary/aromatic N) is 3. The lowest BCUT2D eigenvalue weighted by atomic mass is 10.1. The number of rotatable bonds is 9. The highest BCUT2D eigenvalue weighted by molar-refractivity contribution is 8.04. The average Bonchev–Trinajstić information content (AvgIpc) is 3.08. The molecule has 2 aliphatic rings. The van der Waals surface area contributed by atoms with Gasteiger partial charge in [0, 0.05) is 13.1 Å². The van der Waals surface area contributed by atoms with E-state index in [-0.39, 0.29) is 24.4 Å². The Morgan fingerprint density at radius 2 is 1.88 bits per heavy atom. The second kappa shape index (κ2) is 9.17. The zero-order valence-corrected chi connectivity index (χ0v) is 16.2. The Labute approximate surface area is 153 Å². The first kappa shape index (κ1) is 19.7. The van der Waals surface area contributed by atoms with Crippen LogP contribution >= 0.6 is 11.8 Å². The van der Waals surface area contributed by atoms with Gasteiger partial charge in [-0.2, -0.15) is 14.3 Å². The molecular weight excluding hydrogens is 338 g/mol. The number of allylic oxidation sites excluding steroid dienone is 1. The Hall–Kier alpha value is -1.63. The molecule has 2 rings (SSSR count). The summed E-state index contributed by atoms with van der Waals surface area (Å²) in [4.78, 5) is 41.3. The number of urea groups is 1. The van der Waals surface area contributed by atoms with Crippen LogP contribution < -0.4 is 0 Å². The molecule has 6 nitrogen and oxygen atoms in total. The van der Waals surface area contributed by atoms with Crippen LogP contribution in [0.25, 0.3) is 0 Å². The molecule has 0 N–H and O–H groups in total. The van der Waals surface area contributed by atoms with Gasteiger partial charge in [0.1, 0.15) is 5.71 Å². The van der Waals surface area contributed by atoms with Gasteiger partial charge in [-0.25, -0.2) is 4.79 Å². The third kappa shape index (κ3) is 4.32. The van der Waals surface area contributed by atoms with Crippen molar-refractivity contribution in [2.75, 3.05) is 26.2 Å². The predicted octanol–water partition coefficient (Wildman–Crippen LogP) is 2.48. The van der Waals surface area contributed by atoms with Crippen LogP contribution in [0.3, 0.4) is 0 Å². The summed E-state index contributed by atoms with van der Waals surface area (Å²) >= 11 is 1.41. The Morgan fingerprint density at radius 1 is 1.20 bits per heavy atom. The highest BCUT2D eigenvalue weighted by Crippen LogP contribution is 2.28. The summed E-state index contributed by atoms with van der Waals surface area (Å²) in [5.41, 5.74) is 0.647. The first-order chi connectivity index (χ1) is 12.0. The summed E-state index contributed by atoms with van der Waals surface area (Å²) < 4.78 is 1.50. The molecule has 0 aromatic heterocycles. The van der Waals surface area contributed by atoms with E-state index in [2.05, 4.69) is 0 Å². The molecule has 0 spiro atoms. The predicted molar refractivity (Wildman–Crippen MR) is 99.8 cm³/mol. The zero-order valence-electron chi connectivity index (χ0n) is 15.4. The Bertz CT molecular complexity index is 594. The molecule has 1 atom stereocenters. The van der Waals surface area contributed by atoms with Gasteiger partial charge in [-0.1, -0.05) is 27.2 Å². The smallest absolute Gasteiger partial charge is 0.339 e. The quantitative estimate of drug-likeness (QED) is 0.588. The van der Waals surface area contributed by atoms with Gasteiger partial charge in [-0.15, -0.1) is 11.8 Å². The van der Waals surface area contributed by atoms with Crippen LogP contribution in [0, 0.1) is 0 Å². The Kier molecular flexibility index (Phi) is 7.23. The van der Waals surface area contributed by atoms with E-state index in [1.54, 1.807) is 6.08 Å². The second-order valence-corrected chi connectivity index (χ2v) is 7.35. The number of hydrogen-bond donors (Lipinski definition) is 0. The van der Waals surface area contributed by atoms with Crippen molar-refractivity contribution in [1.82, 2.24) is 9.80 Å². The van der Waals surface area contributed by atoms with E-state index in [9.17, 15) is 14.4 Å². The zero-order chi connectivity index (χ0) is 18.4. The fourth-order valence-corrected chi connectivity index (χ4v) is 4.03. The van der Waals surface area contributed by atoms with Gasteiger partial charge in [-0.3, -0.25) is 4.79 Å². The molecule has 7 heteroatoms. The minimum Gasteiger partial charge on any atom is -0.339 e. The number of carbonyl (C=O) groups excluding carboxylic acids is 3. The van der Waals surface area contributed by atoms with Crippen molar-refractivity contribution in [3.05, 3.63) is 11.5 Å². The van der Waals surface area contributed by atoms with Gasteiger partial charge < -0.3 is 4.90 Å². The molecule has 0 radical (unpaired) electrons. The molecule has 138 valence electrons. The van der Waals surface area contributed by atoms with Crippen molar-refractivity contribution in [2.24, 2.45) is 0 Å². The molecule has 1 unspecified atom stereocenters. The third-order valence-corrected chi connectivity index (χ3v) is 5.36. The van der Waals surface area contributed by atoms with Crippen LogP contribution in [0.2, 0.25) is 0 Å². The molecule has 2 heterocycles. The number of hydrogen-bond acceptors (Lipinski definition) is 4. The normalized spacial score (nSPS) is 19.6. The van der Waals surface area contributed by atoms with E-state index in [4.69, 9.17) is 0 Å². The maximum atomic E-state index is 12.9. The standard InChI is InChI=1S/C18H28N3O3S/c1-4-7-11-20-17(23)16-14(8-12-25-16)21(18(20)24)13-15(22)19(9-5-2)10-6-3/h8,12,16H,4-7,9-11,13H2,1-3H3/q+1. The first-order valence-corrected chi connectivity index (χ1v) is 10.1. The lowest BCUT2D eigenvalue weighted by Gasteiger charge is -2.26. The number of imide groups is 1. The second-order valence-electron chi connectivity index (χ2n) is 6.34. The van der Waals surface area contributed by atoms with Crippen LogP contribution in [0.4, 0.5) is 4.79 Å². The van der Waals surface area contributed by atoms with E-state index in [1.165, 1.54) is 21.2 Å². The molecule has 0 aromatic carbocycles. The van der Waals surface area contributed by atoms with Crippen LogP contribution in [0.15, 0.2) is 11.5 Å². The van der Waals surface area contributed by atoms with Crippen molar-refractivity contribution in [3.63, 3.8) is 0 Å². The van der Waals surface area contributed by atoms with E-state index in [0.29, 0.717) is 25.3 Å². The summed E-state index contributed by atoms with van der Waals surface area (Å²) in [6, 6.07) is -0.363. The molecule has 0 saturated heterocycles. The fraction of sp³-hybridized carbons (Fsp3) is 0.667. The maximum absolute atomic E-state index is 12.9. The van der Waals surface area contributed by atoms with Crippen LogP contribution in [0.1, 0.15) is 46.5 Å². The van der Waals surface area contributed by atoms with Crippen LogP contribution in [0.5, 0.6) is 0 Å². The number of amides is 4. The fourth-order valence-electron chi connectivity index (χ4n) is 3.07. The van der Waals surface area contributed by atoms with Gasteiger partial charge in [0.2, 0.25) is 0 Å². The maximum Gasteiger partial charge on any atom is 0.501 e. The van der Waals surface area contributed by atoms with Gasteiger partial charge in [-0.05, 0) is 30.7 Å². The van der Waals surface area contributed by atoms with E-state index in [1.807, 2.05) is 31.1 Å². The SMILES string of the molecule is CCCCN1C(=O)C2SC=CC2=[N+](CC(=O)N(CCC)CCC)C1=O. The summed E-state index contributed by atoms with van der Waals surface area (Å²) in [7, 11) is 0. The molecule has 0 saturated carbocycles. The summed E-state index contributed by atoms with van der Waals surface area (Å²) in [6.45, 7) is 7.90. The van der Waals surface area contributed by atoms with Gasteiger partial charge in [0.15, 0.2) is 11.8 Å². The highest BCUT2D eigenvalue weighted by Gasteiger charge is 2.49. The molecule has 0 fully saturated rings. The van der Waals surface area contributed by atoms with Gasteiger partial charge in [0.25, 0.3) is 5.91 Å². The molecule has 25 heavy (non-hydrogen) atoms. The van der Waals surface area contributed by atoms with Crippen LogP contribution in [-0.4, -0.2) is 69.4 Å².